The number of carbonyl (C=O) groups is 2. The first-order chi connectivity index (χ1) is 28.9. The second-order valence-electron chi connectivity index (χ2n) is 19.2. The molecule has 0 aromatic rings. The summed E-state index contributed by atoms with van der Waals surface area (Å²) in [5.74, 6) is -0.906. The van der Waals surface area contributed by atoms with Crippen LogP contribution in [0.3, 0.4) is 0 Å². The Morgan fingerprint density at radius 1 is 0.820 bits per heavy atom. The predicted molar refractivity (Wildman–Crippen MR) is 203 cm³/mol. The molecule has 7 fully saturated rings. The lowest BCUT2D eigenvalue weighted by atomic mass is 9.41. The molecule has 8 rings (SSSR count). The minimum atomic E-state index is -1.76. The van der Waals surface area contributed by atoms with Crippen molar-refractivity contribution in [3.63, 3.8) is 0 Å². The van der Waals surface area contributed by atoms with Gasteiger partial charge in [0.05, 0.1) is 48.1 Å². The molecule has 1 unspecified atom stereocenters. The molecule has 0 spiro atoms. The minimum absolute atomic E-state index is 0.0163. The first kappa shape index (κ1) is 45.8. The van der Waals surface area contributed by atoms with Gasteiger partial charge in [-0.2, -0.15) is 0 Å². The van der Waals surface area contributed by atoms with Crippen molar-refractivity contribution in [2.24, 2.45) is 28.6 Å². The predicted octanol–water partition coefficient (Wildman–Crippen LogP) is -1.92. The average molecular weight is 873 g/mol. The molecule has 0 aromatic heterocycles. The van der Waals surface area contributed by atoms with Crippen LogP contribution in [0.15, 0.2) is 11.6 Å². The number of aliphatic hydroxyl groups excluding tert-OH is 7. The third-order valence-corrected chi connectivity index (χ3v) is 16.3. The highest BCUT2D eigenvalue weighted by Crippen LogP contribution is 2.70. The van der Waals surface area contributed by atoms with E-state index in [1.165, 1.54) is 7.11 Å². The molecular weight excluding hydrogens is 808 g/mol. The Balaban J connectivity index is 0.912. The number of hydrogen-bond donors (Lipinski definition) is 9. The molecule has 22 atom stereocenters. The summed E-state index contributed by atoms with van der Waals surface area (Å²) in [5.41, 5.74) is -3.14. The Bertz CT molecular complexity index is 1630. The van der Waals surface area contributed by atoms with Gasteiger partial charge in [0, 0.05) is 25.0 Å². The monoisotopic (exact) mass is 872 g/mol. The number of hydrogen-bond acceptors (Lipinski definition) is 19. The normalized spacial score (nSPS) is 53.6. The molecule has 4 aliphatic heterocycles. The van der Waals surface area contributed by atoms with Crippen LogP contribution < -0.4 is 0 Å². The third-order valence-electron chi connectivity index (χ3n) is 16.3. The van der Waals surface area contributed by atoms with E-state index in [-0.39, 0.29) is 43.2 Å². The maximum absolute atomic E-state index is 13.5. The fourth-order valence-electron chi connectivity index (χ4n) is 12.9. The fourth-order valence-corrected chi connectivity index (χ4v) is 12.9. The van der Waals surface area contributed by atoms with Crippen LogP contribution in [-0.4, -0.2) is 188 Å². The molecule has 0 aromatic carbocycles. The summed E-state index contributed by atoms with van der Waals surface area (Å²) in [6.07, 6.45) is -12.3. The van der Waals surface area contributed by atoms with Crippen molar-refractivity contribution in [1.82, 2.24) is 0 Å². The zero-order valence-electron chi connectivity index (χ0n) is 34.8. The first-order valence-corrected chi connectivity index (χ1v) is 21.8. The van der Waals surface area contributed by atoms with Crippen LogP contribution in [-0.2, 0) is 47.5 Å². The van der Waals surface area contributed by atoms with Crippen molar-refractivity contribution < 1.29 is 93.4 Å². The number of fused-ring (bicyclic) bond motifs is 5. The number of ether oxygens (including phenoxy) is 8. The number of carbonyl (C=O) groups excluding carboxylic acids is 2. The van der Waals surface area contributed by atoms with Crippen LogP contribution in [0.4, 0.5) is 0 Å². The second kappa shape index (κ2) is 17.2. The molecular formula is C42H64O19. The zero-order valence-corrected chi connectivity index (χ0v) is 34.8. The van der Waals surface area contributed by atoms with E-state index in [0.717, 1.165) is 11.9 Å². The van der Waals surface area contributed by atoms with Crippen molar-refractivity contribution in [3.05, 3.63) is 11.6 Å². The third kappa shape index (κ3) is 7.55. The molecule has 4 saturated carbocycles. The molecule has 0 radical (unpaired) electrons. The lowest BCUT2D eigenvalue weighted by Crippen LogP contribution is -2.69. The second-order valence-corrected chi connectivity index (χ2v) is 19.2. The van der Waals surface area contributed by atoms with Gasteiger partial charge in [0.15, 0.2) is 18.9 Å². The minimum Gasteiger partial charge on any atom is -0.458 e. The highest BCUT2D eigenvalue weighted by atomic mass is 16.8. The Kier molecular flexibility index (Phi) is 12.9. The summed E-state index contributed by atoms with van der Waals surface area (Å²) in [6.45, 7) is 2.84. The van der Waals surface area contributed by atoms with Crippen molar-refractivity contribution in [2.75, 3.05) is 26.9 Å². The van der Waals surface area contributed by atoms with Gasteiger partial charge in [-0.15, -0.1) is 0 Å². The standard InChI is InChI=1S/C42H64O19/c1-19-36(61-38-35(51)33(49)31(47)27(60-38)17-56-37-34(50)32(48)30(46)26(15-43)59-37)25(54-3)13-29(57-19)58-21-4-9-41(52)10-6-24-23(40(41,14-21)18-44)5-8-39(2)22(7-11-42(24,39)53)20-12-28(45)55-16-20/h12,18-19,21-27,29-38,43,46-53H,4-11,13-17H2,1-3H3/t19-,21-,22?,23+,24-,25+,26-,27-,29+,30-,31-,32+,33+,34-,35-,36-,37-,38+,39-,40+,41-,42+/m1/s1. The van der Waals surface area contributed by atoms with Crippen LogP contribution in [0, 0.1) is 28.6 Å². The summed E-state index contributed by atoms with van der Waals surface area (Å²) in [4.78, 5) is 25.5. The van der Waals surface area contributed by atoms with E-state index in [4.69, 9.17) is 37.9 Å². The van der Waals surface area contributed by atoms with Gasteiger partial charge in [0.25, 0.3) is 0 Å². The van der Waals surface area contributed by atoms with Gasteiger partial charge in [-0.05, 0) is 88.0 Å². The molecule has 61 heavy (non-hydrogen) atoms. The summed E-state index contributed by atoms with van der Waals surface area (Å²) in [6, 6.07) is 0. The molecule has 19 heteroatoms. The van der Waals surface area contributed by atoms with E-state index in [1.807, 2.05) is 0 Å². The molecule has 9 N–H and O–H groups in total. The molecule has 3 saturated heterocycles. The summed E-state index contributed by atoms with van der Waals surface area (Å²) < 4.78 is 46.9. The number of cyclic esters (lactones) is 1. The van der Waals surface area contributed by atoms with Crippen molar-refractivity contribution >= 4 is 12.3 Å². The van der Waals surface area contributed by atoms with Crippen LogP contribution in [0.2, 0.25) is 0 Å². The van der Waals surface area contributed by atoms with E-state index in [2.05, 4.69) is 6.92 Å². The molecule has 0 amide bonds. The van der Waals surface area contributed by atoms with Gasteiger partial charge in [-0.25, -0.2) is 4.79 Å². The lowest BCUT2D eigenvalue weighted by Gasteiger charge is -2.65. The van der Waals surface area contributed by atoms with Crippen LogP contribution in [0.5, 0.6) is 0 Å². The quantitative estimate of drug-likeness (QED) is 0.0622. The first-order valence-electron chi connectivity index (χ1n) is 21.8. The van der Waals surface area contributed by atoms with Gasteiger partial charge in [-0.3, -0.25) is 0 Å². The van der Waals surface area contributed by atoms with Crippen molar-refractivity contribution in [3.8, 4) is 0 Å². The topological polar surface area (TPSA) is 290 Å². The largest absolute Gasteiger partial charge is 0.458 e. The maximum atomic E-state index is 13.5. The molecule has 0 bridgehead atoms. The number of aliphatic hydroxyl groups is 9. The summed E-state index contributed by atoms with van der Waals surface area (Å²) >= 11 is 0. The number of aldehydes is 1. The molecule has 19 nitrogen and oxygen atoms in total. The Labute approximate surface area is 353 Å². The van der Waals surface area contributed by atoms with E-state index in [9.17, 15) is 55.5 Å². The van der Waals surface area contributed by atoms with Gasteiger partial charge in [-0.1, -0.05) is 6.92 Å². The highest BCUT2D eigenvalue weighted by Gasteiger charge is 2.72. The van der Waals surface area contributed by atoms with E-state index < -0.39 is 127 Å². The van der Waals surface area contributed by atoms with Crippen LogP contribution >= 0.6 is 0 Å². The highest BCUT2D eigenvalue weighted by molar-refractivity contribution is 5.85. The Hall–Kier alpha value is -1.76. The molecule has 4 aliphatic carbocycles. The maximum Gasteiger partial charge on any atom is 0.331 e. The van der Waals surface area contributed by atoms with Crippen molar-refractivity contribution in [1.29, 1.82) is 0 Å². The van der Waals surface area contributed by atoms with Gasteiger partial charge >= 0.3 is 5.97 Å². The summed E-state index contributed by atoms with van der Waals surface area (Å²) in [5, 5.41) is 97.4. The Morgan fingerprint density at radius 3 is 2.16 bits per heavy atom. The SMILES string of the molecule is CO[C@H]1C[C@H](O[C@@H]2CC[C@@]3(O)CC[C@@H]4[C@H](CC[C@]5(C)C(C6=CC(=O)OC6)CC[C@]45O)[C@@]3(C=O)C2)O[C@H](C)[C@H]1O[C@@H]1O[C@H](CO[C@@H]2O[C@H](CO)[C@@H](O)[C@H](O)[C@H]2O)[C@@H](O)[C@H](O)[C@H]1O. The summed E-state index contributed by atoms with van der Waals surface area (Å²) in [7, 11) is 1.47. The number of esters is 1. The van der Waals surface area contributed by atoms with E-state index >= 15 is 0 Å². The van der Waals surface area contributed by atoms with E-state index in [0.29, 0.717) is 51.4 Å². The van der Waals surface area contributed by atoms with Crippen LogP contribution in [0.1, 0.15) is 78.1 Å². The van der Waals surface area contributed by atoms with Crippen molar-refractivity contribution in [2.45, 2.75) is 181 Å². The average Bonchev–Trinajstić information content (AvgIpc) is 3.79. The molecule has 4 heterocycles. The molecule has 346 valence electrons. The van der Waals surface area contributed by atoms with Gasteiger partial charge in [0.2, 0.25) is 0 Å². The number of rotatable bonds is 11. The zero-order chi connectivity index (χ0) is 43.8. The Morgan fingerprint density at radius 2 is 1.49 bits per heavy atom. The van der Waals surface area contributed by atoms with E-state index in [1.54, 1.807) is 13.0 Å². The number of methoxy groups -OCH3 is 1. The van der Waals surface area contributed by atoms with Gasteiger partial charge in [0.1, 0.15) is 67.8 Å². The van der Waals surface area contributed by atoms with Gasteiger partial charge < -0.3 is 88.6 Å². The lowest BCUT2D eigenvalue weighted by molar-refractivity contribution is -0.355. The van der Waals surface area contributed by atoms with Crippen LogP contribution in [0.25, 0.3) is 0 Å². The smallest absolute Gasteiger partial charge is 0.331 e. The molecule has 8 aliphatic rings. The fraction of sp³-hybridized carbons (Fsp3) is 0.905.